The van der Waals surface area contributed by atoms with Gasteiger partial charge in [0.25, 0.3) is 0 Å². The van der Waals surface area contributed by atoms with E-state index >= 15 is 0 Å². The summed E-state index contributed by atoms with van der Waals surface area (Å²) in [6.07, 6.45) is 6.38. The van der Waals surface area contributed by atoms with Crippen LogP contribution in [0.2, 0.25) is 0 Å². The number of hydrogen-bond donors (Lipinski definition) is 0. The highest BCUT2D eigenvalue weighted by Gasteiger charge is 2.19. The Hall–Kier alpha value is -0.890. The van der Waals surface area contributed by atoms with E-state index < -0.39 is 0 Å². The lowest BCUT2D eigenvalue weighted by Crippen LogP contribution is -2.09. The van der Waals surface area contributed by atoms with Gasteiger partial charge in [-0.25, -0.2) is 0 Å². The quantitative estimate of drug-likeness (QED) is 0.768. The van der Waals surface area contributed by atoms with Crippen molar-refractivity contribution in [2.45, 2.75) is 44.4 Å². The second-order valence-electron chi connectivity index (χ2n) is 4.55. The van der Waals surface area contributed by atoms with Crippen LogP contribution in [-0.2, 0) is 11.2 Å². The summed E-state index contributed by atoms with van der Waals surface area (Å²) in [5.41, 5.74) is 3.01. The van der Waals surface area contributed by atoms with Crippen LogP contribution < -0.4 is 0 Å². The van der Waals surface area contributed by atoms with Crippen LogP contribution in [0.1, 0.15) is 49.1 Å². The standard InChI is InChI=1S/C14H17OS/c15-14(16)10-4-8-12-7-3-6-11-5-1-2-9-13(11)12/h1-2,5,9,12H,3-4,6-8,10H2. The van der Waals surface area contributed by atoms with Gasteiger partial charge in [-0.3, -0.25) is 4.79 Å². The zero-order valence-corrected chi connectivity index (χ0v) is 10.3. The predicted molar refractivity (Wildman–Crippen MR) is 68.6 cm³/mol. The lowest BCUT2D eigenvalue weighted by atomic mass is 9.80. The molecule has 0 amide bonds. The molecular weight excluding hydrogens is 216 g/mol. The molecule has 0 bridgehead atoms. The molecule has 0 aliphatic heterocycles. The van der Waals surface area contributed by atoms with Gasteiger partial charge in [0, 0.05) is 6.42 Å². The molecule has 1 aliphatic rings. The Kier molecular flexibility index (Phi) is 3.94. The number of benzene rings is 1. The molecule has 0 saturated heterocycles. The fourth-order valence-corrected chi connectivity index (χ4v) is 2.79. The Morgan fingerprint density at radius 2 is 2.19 bits per heavy atom. The third-order valence-electron chi connectivity index (χ3n) is 3.43. The van der Waals surface area contributed by atoms with E-state index in [1.807, 2.05) is 0 Å². The molecule has 1 aromatic rings. The smallest absolute Gasteiger partial charge is 0.218 e. The summed E-state index contributed by atoms with van der Waals surface area (Å²) in [5.74, 6) is 0.652. The van der Waals surface area contributed by atoms with E-state index in [-0.39, 0.29) is 5.12 Å². The topological polar surface area (TPSA) is 17.1 Å². The molecule has 1 atom stereocenters. The second kappa shape index (κ2) is 5.44. The van der Waals surface area contributed by atoms with Crippen LogP contribution in [0.5, 0.6) is 0 Å². The molecule has 2 heteroatoms. The number of hydrogen-bond acceptors (Lipinski definition) is 1. The molecule has 0 heterocycles. The van der Waals surface area contributed by atoms with Gasteiger partial charge in [-0.15, -0.1) is 0 Å². The maximum Gasteiger partial charge on any atom is 0.218 e. The van der Waals surface area contributed by atoms with E-state index in [1.54, 1.807) is 0 Å². The van der Waals surface area contributed by atoms with Crippen molar-refractivity contribution in [1.29, 1.82) is 0 Å². The summed E-state index contributed by atoms with van der Waals surface area (Å²) in [7, 11) is 0. The summed E-state index contributed by atoms with van der Waals surface area (Å²) >= 11 is 4.58. The zero-order valence-electron chi connectivity index (χ0n) is 9.45. The zero-order chi connectivity index (χ0) is 11.4. The third kappa shape index (κ3) is 2.82. The van der Waals surface area contributed by atoms with Crippen molar-refractivity contribution in [3.63, 3.8) is 0 Å². The lowest BCUT2D eigenvalue weighted by molar-refractivity contribution is -0.110. The Morgan fingerprint density at radius 3 is 3.00 bits per heavy atom. The van der Waals surface area contributed by atoms with Gasteiger partial charge in [0.1, 0.15) is 0 Å². The Labute approximate surface area is 103 Å². The molecule has 2 rings (SSSR count). The van der Waals surface area contributed by atoms with Crippen molar-refractivity contribution >= 4 is 17.7 Å². The highest BCUT2D eigenvalue weighted by molar-refractivity contribution is 7.96. The average Bonchev–Trinajstić information content (AvgIpc) is 2.29. The summed E-state index contributed by atoms with van der Waals surface area (Å²) in [6, 6.07) is 8.72. The van der Waals surface area contributed by atoms with E-state index in [4.69, 9.17) is 0 Å². The Balaban J connectivity index is 1.99. The summed E-state index contributed by atoms with van der Waals surface area (Å²) in [5, 5.41) is -0.0934. The minimum Gasteiger partial charge on any atom is -0.282 e. The van der Waals surface area contributed by atoms with Crippen LogP contribution in [-0.4, -0.2) is 5.12 Å². The summed E-state index contributed by atoms with van der Waals surface area (Å²) in [6.45, 7) is 0. The van der Waals surface area contributed by atoms with Crippen molar-refractivity contribution in [1.82, 2.24) is 0 Å². The number of fused-ring (bicyclic) bond motifs is 1. The van der Waals surface area contributed by atoms with Crippen molar-refractivity contribution in [2.75, 3.05) is 0 Å². The van der Waals surface area contributed by atoms with Crippen molar-refractivity contribution < 1.29 is 4.79 Å². The Bertz CT molecular complexity index is 373. The number of aryl methyl sites for hydroxylation is 1. The van der Waals surface area contributed by atoms with Crippen LogP contribution in [0, 0.1) is 0 Å². The second-order valence-corrected chi connectivity index (χ2v) is 5.01. The highest BCUT2D eigenvalue weighted by Crippen LogP contribution is 2.34. The van der Waals surface area contributed by atoms with Gasteiger partial charge in [0.2, 0.25) is 5.12 Å². The molecule has 0 spiro atoms. The normalized spacial score (nSPS) is 19.1. The third-order valence-corrected chi connectivity index (χ3v) is 3.63. The molecule has 1 radical (unpaired) electrons. The van der Waals surface area contributed by atoms with E-state index in [9.17, 15) is 4.79 Å². The summed E-state index contributed by atoms with van der Waals surface area (Å²) < 4.78 is 0. The van der Waals surface area contributed by atoms with Crippen LogP contribution in [0.15, 0.2) is 24.3 Å². The van der Waals surface area contributed by atoms with Gasteiger partial charge in [-0.1, -0.05) is 24.3 Å². The van der Waals surface area contributed by atoms with Crippen molar-refractivity contribution in [2.24, 2.45) is 0 Å². The molecule has 16 heavy (non-hydrogen) atoms. The molecule has 1 nitrogen and oxygen atoms in total. The molecule has 0 aromatic heterocycles. The highest BCUT2D eigenvalue weighted by atomic mass is 32.1. The van der Waals surface area contributed by atoms with Gasteiger partial charge >= 0.3 is 0 Å². The minimum atomic E-state index is -0.0934. The van der Waals surface area contributed by atoms with Crippen LogP contribution in [0.4, 0.5) is 0 Å². The molecule has 0 saturated carbocycles. The molecule has 1 aromatic carbocycles. The van der Waals surface area contributed by atoms with Gasteiger partial charge in [-0.2, -0.15) is 0 Å². The number of rotatable bonds is 4. The van der Waals surface area contributed by atoms with Crippen molar-refractivity contribution in [3.05, 3.63) is 35.4 Å². The average molecular weight is 233 g/mol. The predicted octanol–water partition coefficient (Wildman–Crippen LogP) is 4.00. The fraction of sp³-hybridized carbons (Fsp3) is 0.500. The van der Waals surface area contributed by atoms with Gasteiger partial charge in [0.15, 0.2) is 0 Å². The van der Waals surface area contributed by atoms with Crippen LogP contribution in [0.25, 0.3) is 0 Å². The van der Waals surface area contributed by atoms with Crippen LogP contribution in [0.3, 0.4) is 0 Å². The lowest BCUT2D eigenvalue weighted by Gasteiger charge is -2.25. The van der Waals surface area contributed by atoms with E-state index in [1.165, 1.54) is 30.4 Å². The molecule has 85 valence electrons. The maximum atomic E-state index is 10.7. The van der Waals surface area contributed by atoms with Gasteiger partial charge < -0.3 is 0 Å². The molecule has 1 unspecified atom stereocenters. The maximum absolute atomic E-state index is 10.7. The number of carbonyl (C=O) groups is 1. The first-order valence-electron chi connectivity index (χ1n) is 6.05. The molecule has 0 fully saturated rings. The number of carbonyl (C=O) groups excluding carboxylic acids is 1. The first-order chi connectivity index (χ1) is 7.77. The van der Waals surface area contributed by atoms with Gasteiger partial charge in [-0.05, 0) is 61.8 Å². The minimum absolute atomic E-state index is 0.0934. The van der Waals surface area contributed by atoms with E-state index in [0.717, 1.165) is 12.8 Å². The van der Waals surface area contributed by atoms with E-state index in [2.05, 4.69) is 36.9 Å². The van der Waals surface area contributed by atoms with Crippen LogP contribution >= 0.6 is 12.6 Å². The summed E-state index contributed by atoms with van der Waals surface area (Å²) in [4.78, 5) is 10.7. The SMILES string of the molecule is O=C([S])CCCC1CCCc2ccccc21. The van der Waals surface area contributed by atoms with Gasteiger partial charge in [0.05, 0.1) is 0 Å². The fourth-order valence-electron chi connectivity index (χ4n) is 2.65. The van der Waals surface area contributed by atoms with Crippen molar-refractivity contribution in [3.8, 4) is 0 Å². The molecular formula is C14H17OS. The monoisotopic (exact) mass is 233 g/mol. The molecule has 0 N–H and O–H groups in total. The van der Waals surface area contributed by atoms with E-state index in [0.29, 0.717) is 12.3 Å². The first kappa shape index (κ1) is 11.6. The largest absolute Gasteiger partial charge is 0.282 e. The molecule has 1 aliphatic carbocycles. The Morgan fingerprint density at radius 1 is 1.38 bits per heavy atom. The first-order valence-corrected chi connectivity index (χ1v) is 6.46.